The van der Waals surface area contributed by atoms with Crippen molar-refractivity contribution in [2.75, 3.05) is 5.32 Å². The number of anilines is 1. The van der Waals surface area contributed by atoms with Crippen LogP contribution in [0.4, 0.5) is 5.82 Å². The minimum Gasteiger partial charge on any atom is -0.475 e. The number of nitrogens with one attached hydrogen (secondary N) is 2. The average molecular weight is 233 g/mol. The molecular formula is C11H15N5O. The van der Waals surface area contributed by atoms with Crippen LogP contribution in [0.1, 0.15) is 19.7 Å². The molecule has 0 fully saturated rings. The smallest absolute Gasteiger partial charge is 0.218 e. The minimum atomic E-state index is 0.0998. The normalized spacial score (nSPS) is 10.5. The van der Waals surface area contributed by atoms with E-state index in [9.17, 15) is 0 Å². The number of hydrogen-bond donors (Lipinski definition) is 2. The Hall–Kier alpha value is -2.11. The summed E-state index contributed by atoms with van der Waals surface area (Å²) in [6, 6.07) is 1.77. The van der Waals surface area contributed by atoms with Crippen molar-refractivity contribution in [1.29, 1.82) is 0 Å². The highest BCUT2D eigenvalue weighted by Gasteiger charge is 2.02. The number of rotatable bonds is 5. The van der Waals surface area contributed by atoms with Crippen LogP contribution in [-0.4, -0.2) is 26.0 Å². The van der Waals surface area contributed by atoms with E-state index in [2.05, 4.69) is 25.3 Å². The molecule has 0 unspecified atom stereocenters. The molecule has 0 radical (unpaired) electrons. The van der Waals surface area contributed by atoms with Gasteiger partial charge in [-0.25, -0.2) is 15.0 Å². The first-order valence-electron chi connectivity index (χ1n) is 5.45. The maximum atomic E-state index is 5.48. The Bertz CT molecular complexity index is 455. The Kier molecular flexibility index (Phi) is 3.54. The maximum Gasteiger partial charge on any atom is 0.218 e. The standard InChI is InChI=1S/C11H15N5O/c1-8(2)17-11-5-9(15-7-16-11)14-6-10-12-3-4-13-10/h3-5,7-8H,6H2,1-2H3,(H,12,13)(H,14,15,16). The van der Waals surface area contributed by atoms with E-state index >= 15 is 0 Å². The van der Waals surface area contributed by atoms with Gasteiger partial charge in [0.1, 0.15) is 18.0 Å². The van der Waals surface area contributed by atoms with Crippen molar-refractivity contribution in [3.8, 4) is 5.88 Å². The molecule has 0 saturated carbocycles. The van der Waals surface area contributed by atoms with Crippen LogP contribution in [0, 0.1) is 0 Å². The largest absolute Gasteiger partial charge is 0.475 e. The molecular weight excluding hydrogens is 218 g/mol. The summed E-state index contributed by atoms with van der Waals surface area (Å²) in [6.07, 6.45) is 5.07. The summed E-state index contributed by atoms with van der Waals surface area (Å²) < 4.78 is 5.48. The number of aromatic nitrogens is 4. The lowest BCUT2D eigenvalue weighted by Gasteiger charge is -2.09. The Morgan fingerprint density at radius 1 is 1.35 bits per heavy atom. The van der Waals surface area contributed by atoms with E-state index in [0.29, 0.717) is 18.2 Å². The summed E-state index contributed by atoms with van der Waals surface area (Å²) in [7, 11) is 0. The first kappa shape index (κ1) is 11.4. The molecule has 0 atom stereocenters. The zero-order valence-corrected chi connectivity index (χ0v) is 9.84. The number of ether oxygens (including phenoxy) is 1. The van der Waals surface area contributed by atoms with Gasteiger partial charge in [0, 0.05) is 18.5 Å². The van der Waals surface area contributed by atoms with Crippen LogP contribution in [0.25, 0.3) is 0 Å². The second-order valence-corrected chi connectivity index (χ2v) is 3.80. The van der Waals surface area contributed by atoms with Gasteiger partial charge in [0.15, 0.2) is 0 Å². The van der Waals surface area contributed by atoms with Gasteiger partial charge in [-0.05, 0) is 13.8 Å². The van der Waals surface area contributed by atoms with Crippen molar-refractivity contribution in [1.82, 2.24) is 19.9 Å². The third-order valence-corrected chi connectivity index (χ3v) is 1.99. The molecule has 0 aromatic carbocycles. The third-order valence-electron chi connectivity index (χ3n) is 1.99. The van der Waals surface area contributed by atoms with Crippen molar-refractivity contribution in [3.05, 3.63) is 30.6 Å². The van der Waals surface area contributed by atoms with Crippen molar-refractivity contribution < 1.29 is 4.74 Å². The Morgan fingerprint density at radius 2 is 2.24 bits per heavy atom. The molecule has 0 amide bonds. The molecule has 0 saturated heterocycles. The van der Waals surface area contributed by atoms with Gasteiger partial charge in [0.2, 0.25) is 5.88 Å². The highest BCUT2D eigenvalue weighted by atomic mass is 16.5. The zero-order valence-electron chi connectivity index (χ0n) is 9.84. The van der Waals surface area contributed by atoms with E-state index < -0.39 is 0 Å². The van der Waals surface area contributed by atoms with E-state index in [4.69, 9.17) is 4.74 Å². The molecule has 2 aromatic rings. The molecule has 2 N–H and O–H groups in total. The molecule has 0 bridgehead atoms. The van der Waals surface area contributed by atoms with Gasteiger partial charge in [-0.1, -0.05) is 0 Å². The number of nitrogens with zero attached hydrogens (tertiary/aromatic N) is 3. The number of H-pyrrole nitrogens is 1. The van der Waals surface area contributed by atoms with Gasteiger partial charge in [-0.15, -0.1) is 0 Å². The van der Waals surface area contributed by atoms with Crippen molar-refractivity contribution in [2.45, 2.75) is 26.5 Å². The van der Waals surface area contributed by atoms with Crippen molar-refractivity contribution >= 4 is 5.82 Å². The number of hydrogen-bond acceptors (Lipinski definition) is 5. The fourth-order valence-corrected chi connectivity index (χ4v) is 1.31. The molecule has 0 aliphatic carbocycles. The van der Waals surface area contributed by atoms with E-state index in [1.54, 1.807) is 18.5 Å². The summed E-state index contributed by atoms with van der Waals surface area (Å²) >= 11 is 0. The first-order chi connectivity index (χ1) is 8.24. The van der Waals surface area contributed by atoms with Gasteiger partial charge in [-0.3, -0.25) is 0 Å². The van der Waals surface area contributed by atoms with Gasteiger partial charge >= 0.3 is 0 Å². The monoisotopic (exact) mass is 233 g/mol. The molecule has 0 aliphatic rings. The van der Waals surface area contributed by atoms with Gasteiger partial charge < -0.3 is 15.0 Å². The first-order valence-corrected chi connectivity index (χ1v) is 5.45. The van der Waals surface area contributed by atoms with E-state index in [1.165, 1.54) is 6.33 Å². The van der Waals surface area contributed by atoms with Crippen LogP contribution in [0.15, 0.2) is 24.8 Å². The van der Waals surface area contributed by atoms with Crippen LogP contribution in [0.5, 0.6) is 5.88 Å². The highest BCUT2D eigenvalue weighted by Crippen LogP contribution is 2.12. The SMILES string of the molecule is CC(C)Oc1cc(NCc2ncc[nH]2)ncn1. The fourth-order valence-electron chi connectivity index (χ4n) is 1.31. The summed E-state index contributed by atoms with van der Waals surface area (Å²) in [5, 5.41) is 3.14. The van der Waals surface area contributed by atoms with Crippen LogP contribution < -0.4 is 10.1 Å². The lowest BCUT2D eigenvalue weighted by atomic mass is 10.4. The average Bonchev–Trinajstić information content (AvgIpc) is 2.79. The van der Waals surface area contributed by atoms with Gasteiger partial charge in [-0.2, -0.15) is 0 Å². The minimum absolute atomic E-state index is 0.0998. The van der Waals surface area contributed by atoms with Crippen LogP contribution >= 0.6 is 0 Å². The fraction of sp³-hybridized carbons (Fsp3) is 0.364. The van der Waals surface area contributed by atoms with Crippen LogP contribution in [-0.2, 0) is 6.54 Å². The predicted octanol–water partition coefficient (Wildman–Crippen LogP) is 1.60. The highest BCUT2D eigenvalue weighted by molar-refractivity contribution is 5.37. The number of aromatic amines is 1. The van der Waals surface area contributed by atoms with E-state index in [1.807, 2.05) is 13.8 Å². The Labute approximate surface area is 99.5 Å². The molecule has 2 aromatic heterocycles. The molecule has 90 valence electrons. The van der Waals surface area contributed by atoms with Crippen LogP contribution in [0.2, 0.25) is 0 Å². The van der Waals surface area contributed by atoms with Gasteiger partial charge in [0.05, 0.1) is 12.6 Å². The Balaban J connectivity index is 1.96. The summed E-state index contributed by atoms with van der Waals surface area (Å²) in [5.41, 5.74) is 0. The van der Waals surface area contributed by atoms with Crippen molar-refractivity contribution in [3.63, 3.8) is 0 Å². The van der Waals surface area contributed by atoms with Gasteiger partial charge in [0.25, 0.3) is 0 Å². The van der Waals surface area contributed by atoms with E-state index in [0.717, 1.165) is 5.82 Å². The molecule has 0 aliphatic heterocycles. The third kappa shape index (κ3) is 3.44. The molecule has 2 heterocycles. The molecule has 2 rings (SSSR count). The summed E-state index contributed by atoms with van der Waals surface area (Å²) in [4.78, 5) is 15.2. The lowest BCUT2D eigenvalue weighted by Crippen LogP contribution is -2.08. The quantitative estimate of drug-likeness (QED) is 0.820. The predicted molar refractivity (Wildman–Crippen MR) is 63.7 cm³/mol. The number of imidazole rings is 1. The molecule has 6 nitrogen and oxygen atoms in total. The zero-order chi connectivity index (χ0) is 12.1. The molecule has 17 heavy (non-hydrogen) atoms. The Morgan fingerprint density at radius 3 is 2.94 bits per heavy atom. The topological polar surface area (TPSA) is 75.7 Å². The lowest BCUT2D eigenvalue weighted by molar-refractivity contribution is 0.232. The second-order valence-electron chi connectivity index (χ2n) is 3.80. The summed E-state index contributed by atoms with van der Waals surface area (Å²) in [5.74, 6) is 2.14. The molecule has 6 heteroatoms. The second kappa shape index (κ2) is 5.29. The molecule has 0 spiro atoms. The van der Waals surface area contributed by atoms with E-state index in [-0.39, 0.29) is 6.10 Å². The van der Waals surface area contributed by atoms with Crippen molar-refractivity contribution in [2.24, 2.45) is 0 Å². The maximum absolute atomic E-state index is 5.48. The van der Waals surface area contributed by atoms with Crippen LogP contribution in [0.3, 0.4) is 0 Å². The summed E-state index contributed by atoms with van der Waals surface area (Å²) in [6.45, 7) is 4.50.